The highest BCUT2D eigenvalue weighted by Crippen LogP contribution is 2.30. The van der Waals surface area contributed by atoms with E-state index >= 15 is 0 Å². The molecule has 0 bridgehead atoms. The Hall–Kier alpha value is -0.822. The lowest BCUT2D eigenvalue weighted by molar-refractivity contribution is -0.140. The predicted molar refractivity (Wildman–Crippen MR) is 139 cm³/mol. The van der Waals surface area contributed by atoms with E-state index < -0.39 is 33.8 Å². The van der Waals surface area contributed by atoms with Crippen molar-refractivity contribution in [2.45, 2.75) is 84.9 Å². The van der Waals surface area contributed by atoms with Crippen LogP contribution >= 0.6 is 0 Å². The fourth-order valence-electron chi connectivity index (χ4n) is 3.11. The van der Waals surface area contributed by atoms with Crippen LogP contribution in [0.25, 0.3) is 0 Å². The van der Waals surface area contributed by atoms with Crippen molar-refractivity contribution in [1.29, 1.82) is 0 Å². The molecule has 0 amide bonds. The molecule has 1 rings (SSSR count). The van der Waals surface area contributed by atoms with Gasteiger partial charge in [0.2, 0.25) is 0 Å². The number of hydrogen-bond acceptors (Lipinski definition) is 5. The molecule has 0 unspecified atom stereocenters. The number of aryl methyl sites for hydroxylation is 1. The van der Waals surface area contributed by atoms with Crippen molar-refractivity contribution in [3.05, 3.63) is 47.5 Å². The molecule has 0 heterocycles. The zero-order valence-electron chi connectivity index (χ0n) is 21.2. The minimum Gasteiger partial charge on any atom is -0.457 e. The molecule has 0 aliphatic heterocycles. The molecular formula is C22H42O5Si4. The molecule has 0 atom stereocenters. The molecular weight excluding hydrogens is 457 g/mol. The SMILES string of the molecule is C=C(C)C(=O)OCc1ccccc1CC[Si](O[Si](C)(C)C)(O[Si](C)(C)C)O[Si](C)(C)C. The van der Waals surface area contributed by atoms with Gasteiger partial charge >= 0.3 is 14.8 Å². The molecule has 0 spiro atoms. The Morgan fingerprint density at radius 2 is 1.23 bits per heavy atom. The van der Waals surface area contributed by atoms with Gasteiger partial charge in [0.15, 0.2) is 25.0 Å². The maximum absolute atomic E-state index is 11.9. The van der Waals surface area contributed by atoms with Crippen molar-refractivity contribution < 1.29 is 21.9 Å². The number of benzene rings is 1. The lowest BCUT2D eigenvalue weighted by Gasteiger charge is -2.43. The first-order valence-corrected chi connectivity index (χ1v) is 23.1. The first-order chi connectivity index (χ1) is 13.9. The second kappa shape index (κ2) is 10.9. The van der Waals surface area contributed by atoms with Crippen LogP contribution in [0.1, 0.15) is 18.1 Å². The summed E-state index contributed by atoms with van der Waals surface area (Å²) in [5, 5.41) is 0. The highest BCUT2D eigenvalue weighted by molar-refractivity contribution is 6.90. The van der Waals surface area contributed by atoms with Crippen LogP contribution in [0, 0.1) is 0 Å². The summed E-state index contributed by atoms with van der Waals surface area (Å²) in [4.78, 5) is 11.9. The van der Waals surface area contributed by atoms with Crippen LogP contribution in [-0.4, -0.2) is 39.7 Å². The molecule has 5 nitrogen and oxygen atoms in total. The molecule has 9 heteroatoms. The zero-order valence-corrected chi connectivity index (χ0v) is 25.2. The number of rotatable bonds is 12. The highest BCUT2D eigenvalue weighted by atomic mass is 28.5. The predicted octanol–water partition coefficient (Wildman–Crippen LogP) is 6.34. The van der Waals surface area contributed by atoms with Crippen LogP contribution in [0.15, 0.2) is 36.4 Å². The summed E-state index contributed by atoms with van der Waals surface area (Å²) in [6.07, 6.45) is 0.756. The summed E-state index contributed by atoms with van der Waals surface area (Å²) in [7, 11) is -8.64. The molecule has 0 saturated heterocycles. The van der Waals surface area contributed by atoms with E-state index in [1.165, 1.54) is 0 Å². The third-order valence-electron chi connectivity index (χ3n) is 3.91. The Kier molecular flexibility index (Phi) is 9.89. The zero-order chi connectivity index (χ0) is 24.1. The van der Waals surface area contributed by atoms with E-state index in [4.69, 9.17) is 17.1 Å². The van der Waals surface area contributed by atoms with Gasteiger partial charge in [-0.2, -0.15) is 0 Å². The smallest absolute Gasteiger partial charge is 0.457 e. The Labute approximate surface area is 193 Å². The second-order valence-corrected chi connectivity index (χ2v) is 27.9. The quantitative estimate of drug-likeness (QED) is 0.191. The van der Waals surface area contributed by atoms with Crippen LogP contribution < -0.4 is 0 Å². The Morgan fingerprint density at radius 3 is 1.61 bits per heavy atom. The molecule has 0 aliphatic carbocycles. The van der Waals surface area contributed by atoms with E-state index in [1.54, 1.807) is 6.92 Å². The molecule has 0 radical (unpaired) electrons. The van der Waals surface area contributed by atoms with E-state index in [0.29, 0.717) is 5.57 Å². The molecule has 31 heavy (non-hydrogen) atoms. The lowest BCUT2D eigenvalue weighted by atomic mass is 10.1. The van der Waals surface area contributed by atoms with Gasteiger partial charge in [0, 0.05) is 11.6 Å². The van der Waals surface area contributed by atoms with Gasteiger partial charge in [-0.05, 0) is 83.4 Å². The normalized spacial score (nSPS) is 13.2. The van der Waals surface area contributed by atoms with Crippen molar-refractivity contribution in [2.75, 3.05) is 0 Å². The number of hydrogen-bond donors (Lipinski definition) is 0. The molecule has 0 saturated carbocycles. The fourth-order valence-corrected chi connectivity index (χ4v) is 17.7. The first kappa shape index (κ1) is 28.2. The largest absolute Gasteiger partial charge is 0.469 e. The monoisotopic (exact) mass is 498 g/mol. The van der Waals surface area contributed by atoms with Gasteiger partial charge in [0.05, 0.1) is 0 Å². The summed E-state index contributed by atoms with van der Waals surface area (Å²) in [5.41, 5.74) is 2.53. The molecule has 176 valence electrons. The van der Waals surface area contributed by atoms with Crippen molar-refractivity contribution in [3.8, 4) is 0 Å². The Bertz CT molecular complexity index is 720. The Balaban J connectivity index is 3.20. The summed E-state index contributed by atoms with van der Waals surface area (Å²) >= 11 is 0. The van der Waals surface area contributed by atoms with Gasteiger partial charge in [-0.15, -0.1) is 0 Å². The number of carbonyl (C=O) groups excluding carboxylic acids is 1. The molecule has 0 N–H and O–H groups in total. The van der Waals surface area contributed by atoms with Crippen molar-refractivity contribution in [2.24, 2.45) is 0 Å². The fraction of sp³-hybridized carbons (Fsp3) is 0.591. The second-order valence-electron chi connectivity index (χ2n) is 11.0. The van der Waals surface area contributed by atoms with Crippen LogP contribution in [0.2, 0.25) is 65.0 Å². The van der Waals surface area contributed by atoms with Gasteiger partial charge in [-0.25, -0.2) is 4.79 Å². The van der Waals surface area contributed by atoms with E-state index in [9.17, 15) is 4.79 Å². The van der Waals surface area contributed by atoms with E-state index in [0.717, 1.165) is 23.6 Å². The molecule has 0 fully saturated rings. The number of esters is 1. The first-order valence-electron chi connectivity index (χ1n) is 10.9. The Morgan fingerprint density at radius 1 is 0.806 bits per heavy atom. The average Bonchev–Trinajstić information content (AvgIpc) is 2.53. The molecule has 0 aliphatic rings. The van der Waals surface area contributed by atoms with E-state index in [2.05, 4.69) is 71.6 Å². The number of ether oxygens (including phenoxy) is 1. The van der Waals surface area contributed by atoms with Crippen molar-refractivity contribution >= 4 is 39.7 Å². The molecule has 1 aromatic carbocycles. The highest BCUT2D eigenvalue weighted by Gasteiger charge is 2.49. The number of carbonyl (C=O) groups is 1. The summed E-state index contributed by atoms with van der Waals surface area (Å²) < 4.78 is 25.7. The van der Waals surface area contributed by atoms with Crippen LogP contribution in [0.4, 0.5) is 0 Å². The maximum atomic E-state index is 11.9. The van der Waals surface area contributed by atoms with Gasteiger partial charge in [0.25, 0.3) is 0 Å². The summed E-state index contributed by atoms with van der Waals surface area (Å²) in [6.45, 7) is 25.3. The standard InChI is InChI=1S/C22H42O5Si4/c1-19(2)22(23)24-18-21-15-13-12-14-20(21)16-17-31(25-28(3,4)5,26-29(6,7)8)27-30(9,10)11/h12-15H,1,16-18H2,2-11H3. The van der Waals surface area contributed by atoms with Gasteiger partial charge < -0.3 is 17.1 Å². The lowest BCUT2D eigenvalue weighted by Crippen LogP contribution is -2.60. The van der Waals surface area contributed by atoms with Gasteiger partial charge in [-0.1, -0.05) is 30.8 Å². The molecule has 1 aromatic rings. The van der Waals surface area contributed by atoms with Crippen LogP contribution in [0.3, 0.4) is 0 Å². The summed E-state index contributed by atoms with van der Waals surface area (Å²) in [6, 6.07) is 8.79. The van der Waals surface area contributed by atoms with Gasteiger partial charge in [-0.3, -0.25) is 0 Å². The van der Waals surface area contributed by atoms with Crippen LogP contribution in [-0.2, 0) is 34.9 Å². The topological polar surface area (TPSA) is 54.0 Å². The third kappa shape index (κ3) is 11.6. The van der Waals surface area contributed by atoms with Crippen molar-refractivity contribution in [3.63, 3.8) is 0 Å². The third-order valence-corrected chi connectivity index (χ3v) is 15.9. The molecule has 0 aromatic heterocycles. The minimum absolute atomic E-state index is 0.231. The average molecular weight is 499 g/mol. The van der Waals surface area contributed by atoms with Crippen LogP contribution in [0.5, 0.6) is 0 Å². The van der Waals surface area contributed by atoms with E-state index in [-0.39, 0.29) is 12.6 Å². The van der Waals surface area contributed by atoms with Gasteiger partial charge in [0.1, 0.15) is 6.61 Å². The van der Waals surface area contributed by atoms with Crippen molar-refractivity contribution in [1.82, 2.24) is 0 Å². The minimum atomic E-state index is -2.91. The van der Waals surface area contributed by atoms with E-state index in [1.807, 2.05) is 18.2 Å². The summed E-state index contributed by atoms with van der Waals surface area (Å²) in [5.74, 6) is -0.371. The maximum Gasteiger partial charge on any atom is 0.469 e.